The molecule has 1 N–H and O–H groups in total. The second-order valence-corrected chi connectivity index (χ2v) is 4.70. The summed E-state index contributed by atoms with van der Waals surface area (Å²) in [5, 5.41) is 2.79. The Labute approximate surface area is 152 Å². The molecule has 0 saturated heterocycles. The van der Waals surface area contributed by atoms with Crippen molar-refractivity contribution in [3.8, 4) is 5.75 Å². The van der Waals surface area contributed by atoms with Gasteiger partial charge in [0.1, 0.15) is 0 Å². The van der Waals surface area contributed by atoms with Gasteiger partial charge in [-0.25, -0.2) is 6.29 Å². The fraction of sp³-hybridized carbons (Fsp3) is 0.312. The molecule has 1 aromatic rings. The molecule has 0 bridgehead atoms. The molecule has 1 unspecified atom stereocenters. The van der Waals surface area contributed by atoms with Gasteiger partial charge in [0.25, 0.3) is 0 Å². The molecule has 22 heavy (non-hydrogen) atoms. The third-order valence-electron chi connectivity index (χ3n) is 3.17. The van der Waals surface area contributed by atoms with Crippen LogP contribution in [0.2, 0.25) is 0 Å². The number of ether oxygens (including phenoxy) is 1. The third-order valence-corrected chi connectivity index (χ3v) is 3.17. The van der Waals surface area contributed by atoms with E-state index in [0.29, 0.717) is 30.7 Å². The van der Waals surface area contributed by atoms with Crippen molar-refractivity contribution in [1.29, 1.82) is 0 Å². The molecule has 6 heteroatoms. The predicted octanol–water partition coefficient (Wildman–Crippen LogP) is 1.84. The number of amides is 1. The quantitative estimate of drug-likeness (QED) is 0.599. The van der Waals surface area contributed by atoms with Gasteiger partial charge in [-0.05, 0) is 25.5 Å². The Morgan fingerprint density at radius 2 is 2.27 bits per heavy atom. The zero-order chi connectivity index (χ0) is 15.1. The summed E-state index contributed by atoms with van der Waals surface area (Å²) in [6, 6.07) is 7.68. The van der Waals surface area contributed by atoms with Crippen LogP contribution in [-0.4, -0.2) is 24.6 Å². The topological polar surface area (TPSA) is 72.5 Å². The minimum atomic E-state index is -0.201. The van der Waals surface area contributed by atoms with Crippen LogP contribution < -0.4 is 10.1 Å². The minimum Gasteiger partial charge on any atom is -0.547 e. The molecule has 0 aromatic heterocycles. The van der Waals surface area contributed by atoms with Crippen molar-refractivity contribution in [3.05, 3.63) is 36.4 Å². The molecule has 0 spiro atoms. The zero-order valence-electron chi connectivity index (χ0n) is 11.9. The first kappa shape index (κ1) is 18.7. The number of nitrogens with one attached hydrogen (secondary N) is 1. The normalized spacial score (nSPS) is 17.1. The largest absolute Gasteiger partial charge is 2.00 e. The average molecular weight is 523 g/mol. The number of hydrogen-bond donors (Lipinski definition) is 1. The van der Waals surface area contributed by atoms with Crippen molar-refractivity contribution in [2.75, 3.05) is 11.9 Å². The van der Waals surface area contributed by atoms with Crippen LogP contribution in [0.3, 0.4) is 0 Å². The smallest absolute Gasteiger partial charge is 0.547 e. The van der Waals surface area contributed by atoms with Gasteiger partial charge in [0.2, 0.25) is 5.91 Å². The van der Waals surface area contributed by atoms with E-state index in [1.165, 1.54) is 6.08 Å². The monoisotopic (exact) mass is 523 g/mol. The molecule has 0 aliphatic heterocycles. The Hall–Kier alpha value is -1.38. The molecule has 1 aliphatic carbocycles. The summed E-state index contributed by atoms with van der Waals surface area (Å²) in [5.41, 5.74) is 0.599. The van der Waals surface area contributed by atoms with Crippen molar-refractivity contribution < 1.29 is 50.2 Å². The molecule has 1 amide bonds. The molecule has 1 aromatic carbocycles. The van der Waals surface area contributed by atoms with Crippen LogP contribution in [0.1, 0.15) is 19.3 Å². The summed E-state index contributed by atoms with van der Waals surface area (Å²) < 4.78 is 5.02. The van der Waals surface area contributed by atoms with E-state index >= 15 is 0 Å². The van der Waals surface area contributed by atoms with E-state index in [4.69, 9.17) is 4.74 Å². The van der Waals surface area contributed by atoms with Gasteiger partial charge in [0, 0.05) is 18.1 Å². The first-order chi connectivity index (χ1) is 10.2. The Kier molecular flexibility index (Phi) is 8.15. The van der Waals surface area contributed by atoms with Gasteiger partial charge in [0.05, 0.1) is 0 Å². The van der Waals surface area contributed by atoms with Crippen molar-refractivity contribution in [2.45, 2.75) is 19.3 Å². The van der Waals surface area contributed by atoms with Gasteiger partial charge in [-0.15, -0.1) is 18.2 Å². The molecule has 2 rings (SSSR count). The number of carbonyl (C=O) groups excluding carboxylic acids is 3. The molecule has 0 heterocycles. The van der Waals surface area contributed by atoms with E-state index in [2.05, 4.69) is 11.4 Å². The summed E-state index contributed by atoms with van der Waals surface area (Å²) >= 11 is 0. The van der Waals surface area contributed by atoms with Gasteiger partial charge < -0.3 is 14.8 Å². The van der Waals surface area contributed by atoms with Crippen molar-refractivity contribution in [1.82, 2.24) is 0 Å². The summed E-state index contributed by atoms with van der Waals surface area (Å²) in [6.45, 7) is -0.148. The maximum Gasteiger partial charge on any atom is 2.00 e. The fourth-order valence-corrected chi connectivity index (χ4v) is 2.05. The first-order valence-corrected chi connectivity index (χ1v) is 6.69. The second-order valence-electron chi connectivity index (χ2n) is 4.70. The Bertz CT molecular complexity index is 554. The van der Waals surface area contributed by atoms with Crippen LogP contribution >= 0.6 is 0 Å². The number of allylic oxidation sites excluding steroid dienone is 2. The molecule has 1 aliphatic rings. The molecule has 0 radical (unpaired) electrons. The van der Waals surface area contributed by atoms with Gasteiger partial charge in [0.15, 0.2) is 5.78 Å². The van der Waals surface area contributed by atoms with E-state index in [1.54, 1.807) is 30.6 Å². The van der Waals surface area contributed by atoms with E-state index in [0.717, 1.165) is 0 Å². The summed E-state index contributed by atoms with van der Waals surface area (Å²) in [6.07, 6.45) is 6.43. The second kappa shape index (κ2) is 9.60. The van der Waals surface area contributed by atoms with Crippen LogP contribution in [0.25, 0.3) is 0 Å². The number of carbonyl (C=O) groups is 2. The SMILES string of the molecule is O=[C-]COc1[c-]cc(NC(=O)C2CC=CC(=O)CC2)cc1.[U+2]. The van der Waals surface area contributed by atoms with E-state index < -0.39 is 0 Å². The molecule has 112 valence electrons. The number of ketones is 1. The molecule has 0 fully saturated rings. The maximum atomic E-state index is 12.1. The summed E-state index contributed by atoms with van der Waals surface area (Å²) in [7, 11) is 0. The first-order valence-electron chi connectivity index (χ1n) is 6.69. The van der Waals surface area contributed by atoms with Gasteiger partial charge in [-0.2, -0.15) is 6.07 Å². The maximum absolute atomic E-state index is 12.1. The number of benzene rings is 1. The van der Waals surface area contributed by atoms with Crippen LogP contribution in [0, 0.1) is 43.1 Å². The number of rotatable bonds is 5. The van der Waals surface area contributed by atoms with Crippen LogP contribution in [-0.2, 0) is 14.4 Å². The fourth-order valence-electron chi connectivity index (χ4n) is 2.05. The van der Waals surface area contributed by atoms with Crippen LogP contribution in [0.5, 0.6) is 5.75 Å². The average Bonchev–Trinajstić information content (AvgIpc) is 2.71. The van der Waals surface area contributed by atoms with Gasteiger partial charge in [-0.1, -0.05) is 11.8 Å². The standard InChI is InChI=1S/C16H15NO4.U/c18-10-11-21-15-8-5-13(6-9-15)17-16(20)12-2-1-3-14(19)7-4-12;/h1,3,5-6,8,12H,2,4,7,11H2,(H,17,20);/q-2;+2. The van der Waals surface area contributed by atoms with Crippen molar-refractivity contribution >= 4 is 23.7 Å². The van der Waals surface area contributed by atoms with Crippen LogP contribution in [0.4, 0.5) is 5.69 Å². The zero-order valence-corrected chi connectivity index (χ0v) is 16.1. The number of anilines is 1. The van der Waals surface area contributed by atoms with Gasteiger partial charge >= 0.3 is 31.1 Å². The minimum absolute atomic E-state index is 0. The Balaban J connectivity index is 0.00000242. The molecule has 1 atom stereocenters. The molecule has 5 nitrogen and oxygen atoms in total. The van der Waals surface area contributed by atoms with Crippen LogP contribution in [0.15, 0.2) is 30.4 Å². The van der Waals surface area contributed by atoms with E-state index in [9.17, 15) is 14.4 Å². The summed E-state index contributed by atoms with van der Waals surface area (Å²) in [5.74, 6) is 0.164. The third kappa shape index (κ3) is 5.78. The summed E-state index contributed by atoms with van der Waals surface area (Å²) in [4.78, 5) is 33.5. The van der Waals surface area contributed by atoms with Crippen molar-refractivity contribution in [3.63, 3.8) is 0 Å². The number of hydrogen-bond acceptors (Lipinski definition) is 4. The Morgan fingerprint density at radius 3 is 2.95 bits per heavy atom. The molecular formula is C16H15NO4U. The van der Waals surface area contributed by atoms with E-state index in [1.807, 2.05) is 0 Å². The Morgan fingerprint density at radius 1 is 1.45 bits per heavy atom. The van der Waals surface area contributed by atoms with Crippen molar-refractivity contribution in [2.24, 2.45) is 5.92 Å². The van der Waals surface area contributed by atoms with E-state index in [-0.39, 0.29) is 55.3 Å². The molecular weight excluding hydrogens is 508 g/mol. The van der Waals surface area contributed by atoms with Gasteiger partial charge in [-0.3, -0.25) is 9.59 Å². The predicted molar refractivity (Wildman–Crippen MR) is 76.6 cm³/mol. The molecule has 0 saturated carbocycles.